The van der Waals surface area contributed by atoms with Crippen molar-refractivity contribution in [3.05, 3.63) is 70.8 Å². The van der Waals surface area contributed by atoms with Crippen molar-refractivity contribution in [2.24, 2.45) is 0 Å². The molecule has 0 radical (unpaired) electrons. The van der Waals surface area contributed by atoms with Gasteiger partial charge in [0.05, 0.1) is 6.04 Å². The molecule has 1 saturated heterocycles. The third kappa shape index (κ3) is 3.59. The summed E-state index contributed by atoms with van der Waals surface area (Å²) >= 11 is 0. The maximum atomic E-state index is 13.0. The van der Waals surface area contributed by atoms with Crippen molar-refractivity contribution in [1.29, 1.82) is 0 Å². The van der Waals surface area contributed by atoms with Crippen molar-refractivity contribution in [3.63, 3.8) is 0 Å². The monoisotopic (exact) mass is 341 g/mol. The van der Waals surface area contributed by atoms with E-state index < -0.39 is 10.8 Å². The zero-order valence-electron chi connectivity index (χ0n) is 14.2. The molecule has 1 aliphatic rings. The van der Waals surface area contributed by atoms with Crippen molar-refractivity contribution in [1.82, 2.24) is 4.90 Å². The van der Waals surface area contributed by atoms with Crippen LogP contribution in [0.2, 0.25) is 0 Å². The summed E-state index contributed by atoms with van der Waals surface area (Å²) in [6.45, 7) is 2.90. The van der Waals surface area contributed by atoms with E-state index >= 15 is 0 Å². The summed E-state index contributed by atoms with van der Waals surface area (Å²) in [5.74, 6) is 0.562. The molecule has 1 fully saturated rings. The van der Waals surface area contributed by atoms with E-state index in [1.807, 2.05) is 41.3 Å². The predicted octanol–water partition coefficient (Wildman–Crippen LogP) is 3.85. The van der Waals surface area contributed by atoms with E-state index in [9.17, 15) is 9.00 Å². The Kier molecular flexibility index (Phi) is 5.14. The van der Waals surface area contributed by atoms with Crippen LogP contribution in [0, 0.1) is 6.92 Å². The van der Waals surface area contributed by atoms with Crippen LogP contribution in [0.3, 0.4) is 0 Å². The Morgan fingerprint density at radius 2 is 2.00 bits per heavy atom. The van der Waals surface area contributed by atoms with Gasteiger partial charge in [-0.15, -0.1) is 0 Å². The van der Waals surface area contributed by atoms with Crippen molar-refractivity contribution in [2.45, 2.75) is 31.6 Å². The highest BCUT2D eigenvalue weighted by molar-refractivity contribution is 7.83. The topological polar surface area (TPSA) is 37.4 Å². The van der Waals surface area contributed by atoms with Gasteiger partial charge in [0.25, 0.3) is 5.91 Å². The molecule has 0 aliphatic carbocycles. The number of hydrogen-bond donors (Lipinski definition) is 0. The SMILES string of the molecule is Cc1ccccc1[C@H]1CCCN1C(=O)c1cccc(C[S@](C)=O)c1. The minimum atomic E-state index is -0.905. The van der Waals surface area contributed by atoms with Gasteiger partial charge >= 0.3 is 0 Å². The molecule has 1 amide bonds. The van der Waals surface area contributed by atoms with Gasteiger partial charge in [-0.05, 0) is 48.6 Å². The zero-order valence-corrected chi connectivity index (χ0v) is 15.0. The number of hydrogen-bond acceptors (Lipinski definition) is 2. The average molecular weight is 341 g/mol. The molecule has 126 valence electrons. The van der Waals surface area contributed by atoms with Crippen LogP contribution in [-0.4, -0.2) is 27.8 Å². The summed E-state index contributed by atoms with van der Waals surface area (Å²) in [6.07, 6.45) is 3.72. The summed E-state index contributed by atoms with van der Waals surface area (Å²) in [5, 5.41) is 0. The van der Waals surface area contributed by atoms with E-state index in [1.54, 1.807) is 6.26 Å². The van der Waals surface area contributed by atoms with Crippen molar-refractivity contribution in [2.75, 3.05) is 12.8 Å². The number of amides is 1. The van der Waals surface area contributed by atoms with Crippen LogP contribution in [0.5, 0.6) is 0 Å². The van der Waals surface area contributed by atoms with E-state index in [2.05, 4.69) is 19.1 Å². The highest BCUT2D eigenvalue weighted by Crippen LogP contribution is 2.34. The molecule has 1 heterocycles. The van der Waals surface area contributed by atoms with E-state index in [-0.39, 0.29) is 11.9 Å². The highest BCUT2D eigenvalue weighted by atomic mass is 32.2. The molecule has 0 aromatic heterocycles. The number of carbonyl (C=O) groups is 1. The fourth-order valence-corrected chi connectivity index (χ4v) is 4.14. The van der Waals surface area contributed by atoms with E-state index in [1.165, 1.54) is 11.1 Å². The smallest absolute Gasteiger partial charge is 0.254 e. The van der Waals surface area contributed by atoms with Gasteiger partial charge in [-0.25, -0.2) is 0 Å². The second-order valence-electron chi connectivity index (χ2n) is 6.43. The third-order valence-corrected chi connectivity index (χ3v) is 5.34. The van der Waals surface area contributed by atoms with Gasteiger partial charge < -0.3 is 4.90 Å². The molecule has 0 unspecified atom stereocenters. The number of benzene rings is 2. The van der Waals surface area contributed by atoms with Gasteiger partial charge in [0.2, 0.25) is 0 Å². The van der Waals surface area contributed by atoms with Crippen LogP contribution < -0.4 is 0 Å². The van der Waals surface area contributed by atoms with Gasteiger partial charge in [0.15, 0.2) is 0 Å². The molecule has 2 aromatic carbocycles. The summed E-state index contributed by atoms with van der Waals surface area (Å²) < 4.78 is 11.4. The lowest BCUT2D eigenvalue weighted by Crippen LogP contribution is -2.31. The molecule has 0 saturated carbocycles. The summed E-state index contributed by atoms with van der Waals surface area (Å²) in [7, 11) is -0.905. The summed E-state index contributed by atoms with van der Waals surface area (Å²) in [5.41, 5.74) is 4.12. The number of rotatable bonds is 4. The molecule has 2 atom stereocenters. The first-order valence-electron chi connectivity index (χ1n) is 8.31. The molecular weight excluding hydrogens is 318 g/mol. The molecule has 0 spiro atoms. The molecule has 1 aliphatic heterocycles. The maximum absolute atomic E-state index is 13.0. The Labute approximate surface area is 146 Å². The molecule has 2 aromatic rings. The Morgan fingerprint density at radius 1 is 1.21 bits per heavy atom. The first-order chi connectivity index (χ1) is 11.6. The Bertz CT molecular complexity index is 772. The maximum Gasteiger partial charge on any atom is 0.254 e. The third-order valence-electron chi connectivity index (χ3n) is 4.60. The minimum absolute atomic E-state index is 0.0736. The van der Waals surface area contributed by atoms with E-state index in [4.69, 9.17) is 0 Å². The molecule has 4 heteroatoms. The first-order valence-corrected chi connectivity index (χ1v) is 10.0. The lowest BCUT2D eigenvalue weighted by Gasteiger charge is -2.26. The number of aryl methyl sites for hydroxylation is 1. The van der Waals surface area contributed by atoms with Gasteiger partial charge in [0.1, 0.15) is 0 Å². The summed E-state index contributed by atoms with van der Waals surface area (Å²) in [4.78, 5) is 15.0. The lowest BCUT2D eigenvalue weighted by atomic mass is 9.99. The van der Waals surface area contributed by atoms with Crippen LogP contribution in [0.1, 0.15) is 45.9 Å². The van der Waals surface area contributed by atoms with Crippen LogP contribution in [0.15, 0.2) is 48.5 Å². The van der Waals surface area contributed by atoms with Crippen molar-refractivity contribution in [3.8, 4) is 0 Å². The van der Waals surface area contributed by atoms with Gasteiger partial charge in [0, 0.05) is 34.9 Å². The molecule has 0 N–H and O–H groups in total. The van der Waals surface area contributed by atoms with Gasteiger partial charge in [-0.1, -0.05) is 36.4 Å². The Balaban J connectivity index is 1.86. The van der Waals surface area contributed by atoms with Gasteiger partial charge in [-0.2, -0.15) is 0 Å². The van der Waals surface area contributed by atoms with Crippen LogP contribution in [0.4, 0.5) is 0 Å². The van der Waals surface area contributed by atoms with Crippen LogP contribution in [0.25, 0.3) is 0 Å². The molecular formula is C20H23NO2S. The molecule has 3 rings (SSSR count). The molecule has 0 bridgehead atoms. The Morgan fingerprint density at radius 3 is 2.75 bits per heavy atom. The normalized spacial score (nSPS) is 18.6. The lowest BCUT2D eigenvalue weighted by molar-refractivity contribution is 0.0735. The second-order valence-corrected chi connectivity index (χ2v) is 7.87. The summed E-state index contributed by atoms with van der Waals surface area (Å²) in [6, 6.07) is 16.0. The molecule has 24 heavy (non-hydrogen) atoms. The zero-order chi connectivity index (χ0) is 17.1. The number of nitrogens with zero attached hydrogens (tertiary/aromatic N) is 1. The fourth-order valence-electron chi connectivity index (χ4n) is 3.49. The first kappa shape index (κ1) is 16.9. The molecule has 3 nitrogen and oxygen atoms in total. The second kappa shape index (κ2) is 7.31. The Hall–Kier alpha value is -1.94. The number of likely N-dealkylation sites (tertiary alicyclic amines) is 1. The number of carbonyl (C=O) groups excluding carboxylic acids is 1. The van der Waals surface area contributed by atoms with Crippen molar-refractivity contribution >= 4 is 16.7 Å². The standard InChI is InChI=1S/C20H23NO2S/c1-15-7-3-4-10-18(15)19-11-6-12-21(19)20(22)17-9-5-8-16(13-17)14-24(2)23/h3-5,7-10,13,19H,6,11-12,14H2,1-2H3/t19-,24+/m1/s1. The van der Waals surface area contributed by atoms with Crippen LogP contribution >= 0.6 is 0 Å². The van der Waals surface area contributed by atoms with Crippen molar-refractivity contribution < 1.29 is 9.00 Å². The fraction of sp³-hybridized carbons (Fsp3) is 0.350. The average Bonchev–Trinajstić information content (AvgIpc) is 3.03. The quantitative estimate of drug-likeness (QED) is 0.847. The van der Waals surface area contributed by atoms with Crippen LogP contribution in [-0.2, 0) is 16.6 Å². The predicted molar refractivity (Wildman–Crippen MR) is 98.4 cm³/mol. The minimum Gasteiger partial charge on any atom is -0.332 e. The highest BCUT2D eigenvalue weighted by Gasteiger charge is 2.31. The van der Waals surface area contributed by atoms with E-state index in [0.29, 0.717) is 11.3 Å². The largest absolute Gasteiger partial charge is 0.332 e. The van der Waals surface area contributed by atoms with Gasteiger partial charge in [-0.3, -0.25) is 9.00 Å². The van der Waals surface area contributed by atoms with E-state index in [0.717, 1.165) is 24.9 Å².